The number of hydrogen-bond donors (Lipinski definition) is 1. The van der Waals surface area contributed by atoms with Gasteiger partial charge in [-0.2, -0.15) is 5.10 Å². The molecule has 0 amide bonds. The summed E-state index contributed by atoms with van der Waals surface area (Å²) >= 11 is 1.40. The van der Waals surface area contributed by atoms with Crippen molar-refractivity contribution in [3.63, 3.8) is 0 Å². The van der Waals surface area contributed by atoms with Crippen molar-refractivity contribution >= 4 is 22.5 Å². The minimum absolute atomic E-state index is 0.499. The van der Waals surface area contributed by atoms with Crippen molar-refractivity contribution in [3.05, 3.63) is 34.1 Å². The minimum atomic E-state index is 0.499. The number of nitrogen functional groups attached to an aromatic ring is 1. The first kappa shape index (κ1) is 11.8. The van der Waals surface area contributed by atoms with Gasteiger partial charge in [0.15, 0.2) is 0 Å². The predicted molar refractivity (Wildman–Crippen MR) is 74.3 cm³/mol. The third-order valence-corrected chi connectivity index (χ3v) is 3.49. The summed E-state index contributed by atoms with van der Waals surface area (Å²) in [6.07, 6.45) is 6.48. The lowest BCUT2D eigenvalue weighted by Crippen LogP contribution is -1.94. The first-order valence-electron chi connectivity index (χ1n) is 5.91. The van der Waals surface area contributed by atoms with Crippen LogP contribution in [0.1, 0.15) is 28.4 Å². The van der Waals surface area contributed by atoms with E-state index < -0.39 is 0 Å². The van der Waals surface area contributed by atoms with Gasteiger partial charge >= 0.3 is 0 Å². The van der Waals surface area contributed by atoms with Crippen LogP contribution in [0.25, 0.3) is 6.08 Å². The molecule has 2 aromatic heterocycles. The molecule has 3 rings (SSSR count). The van der Waals surface area contributed by atoms with E-state index in [1.807, 2.05) is 6.07 Å². The van der Waals surface area contributed by atoms with Gasteiger partial charge in [0.1, 0.15) is 10.7 Å². The number of aryl methyl sites for hydroxylation is 1. The molecule has 19 heavy (non-hydrogen) atoms. The van der Waals surface area contributed by atoms with Gasteiger partial charge in [-0.05, 0) is 12.0 Å². The summed E-state index contributed by atoms with van der Waals surface area (Å²) in [6.45, 7) is 0. The van der Waals surface area contributed by atoms with E-state index in [9.17, 15) is 0 Å². The van der Waals surface area contributed by atoms with Gasteiger partial charge in [-0.15, -0.1) is 15.3 Å². The maximum absolute atomic E-state index is 5.51. The van der Waals surface area contributed by atoms with Crippen molar-refractivity contribution in [2.24, 2.45) is 0 Å². The smallest absolute Gasteiger partial charge is 0.203 e. The Labute approximate surface area is 114 Å². The molecule has 0 spiro atoms. The molecule has 0 saturated heterocycles. The van der Waals surface area contributed by atoms with Crippen LogP contribution >= 0.6 is 11.3 Å². The molecule has 1 aliphatic carbocycles. The molecule has 2 aromatic rings. The van der Waals surface area contributed by atoms with Crippen molar-refractivity contribution in [1.29, 1.82) is 0 Å². The van der Waals surface area contributed by atoms with Gasteiger partial charge in [0.2, 0.25) is 5.13 Å². The molecule has 2 N–H and O–H groups in total. The van der Waals surface area contributed by atoms with Gasteiger partial charge in [0.05, 0.1) is 5.69 Å². The van der Waals surface area contributed by atoms with Crippen LogP contribution in [0.4, 0.5) is 5.13 Å². The lowest BCUT2D eigenvalue weighted by atomic mass is 10.2. The zero-order valence-electron chi connectivity index (χ0n) is 10.1. The molecule has 6 heteroatoms. The normalized spacial score (nSPS) is 12.0. The number of fused-ring (bicyclic) bond motifs is 1. The Bertz CT molecular complexity index is 693. The monoisotopic (exact) mass is 269 g/mol. The van der Waals surface area contributed by atoms with E-state index in [1.165, 1.54) is 11.3 Å². The molecule has 5 nitrogen and oxygen atoms in total. The van der Waals surface area contributed by atoms with E-state index in [0.29, 0.717) is 17.2 Å². The predicted octanol–water partition coefficient (Wildman–Crippen LogP) is 1.46. The Hall–Kier alpha value is -2.26. The summed E-state index contributed by atoms with van der Waals surface area (Å²) in [4.78, 5) is 0. The topological polar surface area (TPSA) is 77.6 Å². The molecule has 94 valence electrons. The highest BCUT2D eigenvalue weighted by atomic mass is 32.1. The molecule has 0 radical (unpaired) electrons. The fourth-order valence-electron chi connectivity index (χ4n) is 1.78. The Morgan fingerprint density at radius 3 is 3.05 bits per heavy atom. The first-order valence-corrected chi connectivity index (χ1v) is 6.73. The van der Waals surface area contributed by atoms with Crippen LogP contribution in [-0.4, -0.2) is 20.4 Å². The summed E-state index contributed by atoms with van der Waals surface area (Å²) in [6, 6.07) is 1.97. The molecule has 0 bridgehead atoms. The number of nitrogens with zero attached hydrogens (tertiary/aromatic N) is 4. The standard InChI is InChI=1S/C13H11N5S/c14-13-18-17-12(19-13)7-2-1-5-10-8-9-4-3-6-11(9)16-15-10/h3-4,8H,2,6-7H2,(H2,14,18). The maximum atomic E-state index is 5.51. The molecular formula is C13H11N5S. The first-order chi connectivity index (χ1) is 9.31. The molecule has 0 atom stereocenters. The van der Waals surface area contributed by atoms with Crippen LogP contribution in [0.5, 0.6) is 0 Å². The zero-order valence-corrected chi connectivity index (χ0v) is 10.9. The highest BCUT2D eigenvalue weighted by Gasteiger charge is 2.07. The highest BCUT2D eigenvalue weighted by molar-refractivity contribution is 7.15. The summed E-state index contributed by atoms with van der Waals surface area (Å²) in [5.41, 5.74) is 8.36. The largest absolute Gasteiger partial charge is 0.374 e. The number of allylic oxidation sites excluding steroid dienone is 1. The Morgan fingerprint density at radius 2 is 2.21 bits per heavy atom. The maximum Gasteiger partial charge on any atom is 0.203 e. The van der Waals surface area contributed by atoms with Crippen molar-refractivity contribution in [3.8, 4) is 11.8 Å². The Morgan fingerprint density at radius 1 is 1.26 bits per heavy atom. The van der Waals surface area contributed by atoms with Crippen molar-refractivity contribution in [2.45, 2.75) is 19.3 Å². The zero-order chi connectivity index (χ0) is 13.1. The van der Waals surface area contributed by atoms with Crippen molar-refractivity contribution < 1.29 is 0 Å². The van der Waals surface area contributed by atoms with Crippen LogP contribution in [0.2, 0.25) is 0 Å². The van der Waals surface area contributed by atoms with Crippen LogP contribution in [0.3, 0.4) is 0 Å². The van der Waals surface area contributed by atoms with E-state index >= 15 is 0 Å². The van der Waals surface area contributed by atoms with Crippen molar-refractivity contribution in [1.82, 2.24) is 20.4 Å². The van der Waals surface area contributed by atoms with Gasteiger partial charge < -0.3 is 5.73 Å². The molecule has 0 aliphatic heterocycles. The lowest BCUT2D eigenvalue weighted by Gasteiger charge is -1.95. The summed E-state index contributed by atoms with van der Waals surface area (Å²) < 4.78 is 0. The third-order valence-electron chi connectivity index (χ3n) is 2.68. The van der Waals surface area contributed by atoms with E-state index in [-0.39, 0.29) is 0 Å². The molecule has 2 heterocycles. The van der Waals surface area contributed by atoms with Crippen LogP contribution in [0, 0.1) is 11.8 Å². The summed E-state index contributed by atoms with van der Waals surface area (Å²) in [5.74, 6) is 6.09. The van der Waals surface area contributed by atoms with Crippen LogP contribution < -0.4 is 5.73 Å². The Balaban J connectivity index is 1.62. The minimum Gasteiger partial charge on any atom is -0.374 e. The average molecular weight is 269 g/mol. The van der Waals surface area contributed by atoms with E-state index in [1.54, 1.807) is 0 Å². The average Bonchev–Trinajstić information content (AvgIpc) is 3.03. The van der Waals surface area contributed by atoms with Gasteiger partial charge in [-0.1, -0.05) is 29.4 Å². The number of hydrogen-bond acceptors (Lipinski definition) is 6. The van der Waals surface area contributed by atoms with Crippen LogP contribution in [-0.2, 0) is 12.8 Å². The highest BCUT2D eigenvalue weighted by Crippen LogP contribution is 2.16. The second-order valence-corrected chi connectivity index (χ2v) is 5.17. The second-order valence-electron chi connectivity index (χ2n) is 4.07. The molecule has 0 unspecified atom stereocenters. The van der Waals surface area contributed by atoms with E-state index in [2.05, 4.69) is 44.4 Å². The number of nitrogens with two attached hydrogens (primary N) is 1. The second kappa shape index (κ2) is 5.16. The molecule has 0 saturated carbocycles. The lowest BCUT2D eigenvalue weighted by molar-refractivity contribution is 0.936. The fourth-order valence-corrected chi connectivity index (χ4v) is 2.39. The fraction of sp³-hybridized carbons (Fsp3) is 0.231. The van der Waals surface area contributed by atoms with Gasteiger partial charge in [0, 0.05) is 24.8 Å². The summed E-state index contributed by atoms with van der Waals surface area (Å²) in [7, 11) is 0. The molecular weight excluding hydrogens is 258 g/mol. The number of anilines is 1. The summed E-state index contributed by atoms with van der Waals surface area (Å²) in [5, 5.41) is 17.4. The van der Waals surface area contributed by atoms with Gasteiger partial charge in [0.25, 0.3) is 0 Å². The van der Waals surface area contributed by atoms with Gasteiger partial charge in [-0.25, -0.2) is 0 Å². The molecule has 1 aliphatic rings. The third kappa shape index (κ3) is 2.77. The quantitative estimate of drug-likeness (QED) is 0.835. The SMILES string of the molecule is Nc1nnc(CCC#Cc2cc3c(nn2)CC=C3)s1. The molecule has 0 fully saturated rings. The van der Waals surface area contributed by atoms with Crippen LogP contribution in [0.15, 0.2) is 12.1 Å². The molecule has 0 aromatic carbocycles. The number of rotatable bonds is 2. The van der Waals surface area contributed by atoms with E-state index in [4.69, 9.17) is 5.73 Å². The number of aromatic nitrogens is 4. The Kier molecular flexibility index (Phi) is 3.21. The van der Waals surface area contributed by atoms with E-state index in [0.717, 1.165) is 29.1 Å². The van der Waals surface area contributed by atoms with Crippen molar-refractivity contribution in [2.75, 3.05) is 5.73 Å². The van der Waals surface area contributed by atoms with Gasteiger partial charge in [-0.3, -0.25) is 0 Å².